The largest absolute Gasteiger partial charge is 0.364 e. The molecule has 20 heavy (non-hydrogen) atoms. The Bertz CT molecular complexity index is 723. The van der Waals surface area contributed by atoms with Gasteiger partial charge in [-0.25, -0.2) is 0 Å². The van der Waals surface area contributed by atoms with Gasteiger partial charge in [0.15, 0.2) is 5.65 Å². The lowest BCUT2D eigenvalue weighted by Crippen LogP contribution is -2.03. The predicted octanol–water partition coefficient (Wildman–Crippen LogP) is 2.07. The van der Waals surface area contributed by atoms with Gasteiger partial charge in [0.25, 0.3) is 0 Å². The highest BCUT2D eigenvalue weighted by molar-refractivity contribution is 7.12. The van der Waals surface area contributed by atoms with E-state index in [2.05, 4.69) is 32.0 Å². The number of nitrogens with one attached hydrogen (secondary N) is 1. The normalized spacial score (nSPS) is 14.4. The number of nitrogens with zero attached hydrogens (tertiary/aromatic N) is 5. The van der Waals surface area contributed by atoms with Gasteiger partial charge in [-0.1, -0.05) is 0 Å². The Hall–Kier alpha value is -2.02. The Balaban J connectivity index is 1.50. The molecule has 0 saturated carbocycles. The highest BCUT2D eigenvalue weighted by atomic mass is 32.1. The zero-order valence-corrected chi connectivity index (χ0v) is 11.7. The average Bonchev–Trinajstić information content (AvgIpc) is 3.10. The summed E-state index contributed by atoms with van der Waals surface area (Å²) in [5.74, 6) is 0.788. The fourth-order valence-electron chi connectivity index (χ4n) is 2.56. The lowest BCUT2D eigenvalue weighted by molar-refractivity contribution is 0.697. The summed E-state index contributed by atoms with van der Waals surface area (Å²) in [5.41, 5.74) is 2.20. The molecule has 102 valence electrons. The third-order valence-electron chi connectivity index (χ3n) is 3.56. The summed E-state index contributed by atoms with van der Waals surface area (Å²) in [7, 11) is 0. The zero-order chi connectivity index (χ0) is 13.4. The SMILES string of the molecule is c1cc2nnnn2nc1NCc1cc2c(s1)CCCC2. The number of aryl methyl sites for hydroxylation is 2. The van der Waals surface area contributed by atoms with Gasteiger partial charge < -0.3 is 5.32 Å². The highest BCUT2D eigenvalue weighted by Gasteiger charge is 2.13. The lowest BCUT2D eigenvalue weighted by atomic mass is 9.99. The van der Waals surface area contributed by atoms with Crippen molar-refractivity contribution >= 4 is 22.8 Å². The van der Waals surface area contributed by atoms with Crippen LogP contribution in [0.4, 0.5) is 5.82 Å². The number of hydrogen-bond acceptors (Lipinski definition) is 6. The summed E-state index contributed by atoms with van der Waals surface area (Å²) in [6.45, 7) is 0.804. The molecule has 1 N–H and O–H groups in total. The standard InChI is InChI=1S/C13H14N6S/c1-2-4-11-9(3-1)7-10(20-11)8-14-12-5-6-13-15-17-18-19(13)16-12/h5-7H,1-4,8H2,(H,14,16). The first-order valence-corrected chi connectivity index (χ1v) is 7.60. The molecule has 0 atom stereocenters. The molecule has 0 aliphatic heterocycles. The zero-order valence-electron chi connectivity index (χ0n) is 10.9. The van der Waals surface area contributed by atoms with E-state index in [1.54, 1.807) is 10.4 Å². The lowest BCUT2D eigenvalue weighted by Gasteiger charge is -2.08. The monoisotopic (exact) mass is 286 g/mol. The van der Waals surface area contributed by atoms with Gasteiger partial charge in [-0.05, 0) is 59.9 Å². The van der Waals surface area contributed by atoms with E-state index < -0.39 is 0 Å². The molecule has 0 amide bonds. The second kappa shape index (κ2) is 4.82. The first-order valence-electron chi connectivity index (χ1n) is 6.78. The maximum atomic E-state index is 4.31. The van der Waals surface area contributed by atoms with Gasteiger partial charge in [0.1, 0.15) is 5.82 Å². The molecule has 6 nitrogen and oxygen atoms in total. The molecule has 7 heteroatoms. The van der Waals surface area contributed by atoms with Crippen LogP contribution in [0.15, 0.2) is 18.2 Å². The molecule has 0 aromatic carbocycles. The summed E-state index contributed by atoms with van der Waals surface area (Å²) < 4.78 is 1.43. The molecular formula is C13H14N6S. The molecule has 0 saturated heterocycles. The van der Waals surface area contributed by atoms with E-state index in [1.807, 2.05) is 23.5 Å². The Morgan fingerprint density at radius 2 is 2.20 bits per heavy atom. The quantitative estimate of drug-likeness (QED) is 0.798. The van der Waals surface area contributed by atoms with E-state index in [4.69, 9.17) is 0 Å². The molecule has 3 heterocycles. The van der Waals surface area contributed by atoms with Crippen molar-refractivity contribution in [2.24, 2.45) is 0 Å². The van der Waals surface area contributed by atoms with Crippen LogP contribution in [0.25, 0.3) is 5.65 Å². The predicted molar refractivity (Wildman–Crippen MR) is 76.9 cm³/mol. The van der Waals surface area contributed by atoms with E-state index >= 15 is 0 Å². The molecule has 0 fully saturated rings. The summed E-state index contributed by atoms with van der Waals surface area (Å²) in [6, 6.07) is 6.09. The molecule has 0 spiro atoms. The van der Waals surface area contributed by atoms with Crippen molar-refractivity contribution in [3.8, 4) is 0 Å². The molecule has 1 aliphatic carbocycles. The van der Waals surface area contributed by atoms with Crippen molar-refractivity contribution < 1.29 is 0 Å². The van der Waals surface area contributed by atoms with Crippen LogP contribution >= 0.6 is 11.3 Å². The molecule has 1 aliphatic rings. The number of hydrogen-bond donors (Lipinski definition) is 1. The number of tetrazole rings is 1. The van der Waals surface area contributed by atoms with Crippen molar-refractivity contribution in [3.63, 3.8) is 0 Å². The molecular weight excluding hydrogens is 272 g/mol. The fourth-order valence-corrected chi connectivity index (χ4v) is 3.76. The molecule has 0 unspecified atom stereocenters. The van der Waals surface area contributed by atoms with Gasteiger partial charge in [0.2, 0.25) is 0 Å². The van der Waals surface area contributed by atoms with Crippen LogP contribution < -0.4 is 5.32 Å². The van der Waals surface area contributed by atoms with Gasteiger partial charge in [-0.15, -0.1) is 26.2 Å². The Labute approximate surface area is 119 Å². The Kier molecular flexibility index (Phi) is 2.84. The average molecular weight is 286 g/mol. The summed E-state index contributed by atoms with van der Waals surface area (Å²) in [4.78, 5) is 2.94. The minimum absolute atomic E-state index is 0.655. The van der Waals surface area contributed by atoms with Crippen LogP contribution in [0.2, 0.25) is 0 Å². The number of fused-ring (bicyclic) bond motifs is 2. The van der Waals surface area contributed by atoms with Crippen LogP contribution in [0, 0.1) is 0 Å². The first kappa shape index (κ1) is 11.8. The second-order valence-corrected chi connectivity index (χ2v) is 6.19. The molecule has 0 radical (unpaired) electrons. The van der Waals surface area contributed by atoms with Crippen molar-refractivity contribution in [3.05, 3.63) is 33.5 Å². The number of rotatable bonds is 3. The van der Waals surface area contributed by atoms with Gasteiger partial charge in [-0.2, -0.15) is 0 Å². The minimum atomic E-state index is 0.655. The number of aromatic nitrogens is 5. The third kappa shape index (κ3) is 2.14. The van der Waals surface area contributed by atoms with E-state index in [1.165, 1.54) is 35.2 Å². The second-order valence-electron chi connectivity index (χ2n) is 4.97. The molecule has 3 aromatic rings. The Morgan fingerprint density at radius 3 is 3.15 bits per heavy atom. The van der Waals surface area contributed by atoms with Crippen molar-refractivity contribution in [1.29, 1.82) is 0 Å². The van der Waals surface area contributed by atoms with E-state index in [0.717, 1.165) is 12.4 Å². The number of thiophene rings is 1. The van der Waals surface area contributed by atoms with Crippen LogP contribution in [-0.2, 0) is 19.4 Å². The van der Waals surface area contributed by atoms with Crippen molar-refractivity contribution in [2.45, 2.75) is 32.2 Å². The summed E-state index contributed by atoms with van der Waals surface area (Å²) >= 11 is 1.92. The summed E-state index contributed by atoms with van der Waals surface area (Å²) in [6.07, 6.45) is 5.14. The molecule has 3 aromatic heterocycles. The number of anilines is 1. The molecule has 0 bridgehead atoms. The van der Waals surface area contributed by atoms with Crippen LogP contribution in [-0.4, -0.2) is 25.3 Å². The van der Waals surface area contributed by atoms with Gasteiger partial charge in [0.05, 0.1) is 6.54 Å². The maximum Gasteiger partial charge on any atom is 0.200 e. The van der Waals surface area contributed by atoms with Crippen LogP contribution in [0.5, 0.6) is 0 Å². The Morgan fingerprint density at radius 1 is 1.25 bits per heavy atom. The summed E-state index contributed by atoms with van der Waals surface area (Å²) in [5, 5.41) is 18.9. The van der Waals surface area contributed by atoms with Gasteiger partial charge in [-0.3, -0.25) is 0 Å². The van der Waals surface area contributed by atoms with E-state index in [9.17, 15) is 0 Å². The first-order chi connectivity index (χ1) is 9.88. The van der Waals surface area contributed by atoms with E-state index in [-0.39, 0.29) is 0 Å². The highest BCUT2D eigenvalue weighted by Crippen LogP contribution is 2.29. The van der Waals surface area contributed by atoms with Crippen LogP contribution in [0.1, 0.15) is 28.2 Å². The third-order valence-corrected chi connectivity index (χ3v) is 4.80. The van der Waals surface area contributed by atoms with Gasteiger partial charge in [0, 0.05) is 9.75 Å². The van der Waals surface area contributed by atoms with Crippen molar-refractivity contribution in [2.75, 3.05) is 5.32 Å². The maximum absolute atomic E-state index is 4.31. The van der Waals surface area contributed by atoms with Crippen LogP contribution in [0.3, 0.4) is 0 Å². The van der Waals surface area contributed by atoms with Crippen molar-refractivity contribution in [1.82, 2.24) is 25.3 Å². The fraction of sp³-hybridized carbons (Fsp3) is 0.385. The topological polar surface area (TPSA) is 68.0 Å². The minimum Gasteiger partial charge on any atom is -0.364 e. The van der Waals surface area contributed by atoms with Gasteiger partial charge >= 0.3 is 0 Å². The molecule has 4 rings (SSSR count). The van der Waals surface area contributed by atoms with E-state index in [0.29, 0.717) is 5.65 Å². The smallest absolute Gasteiger partial charge is 0.200 e.